The number of carbonyl (C=O) groups is 2. The third kappa shape index (κ3) is 4.58. The molecule has 27 heavy (non-hydrogen) atoms. The summed E-state index contributed by atoms with van der Waals surface area (Å²) in [6.07, 6.45) is 1.47. The van der Waals surface area contributed by atoms with Gasteiger partial charge in [-0.05, 0) is 52.0 Å². The summed E-state index contributed by atoms with van der Waals surface area (Å²) in [6.45, 7) is 7.03. The minimum Gasteiger partial charge on any atom is -0.477 e. The van der Waals surface area contributed by atoms with Crippen molar-refractivity contribution in [3.63, 3.8) is 0 Å². The Morgan fingerprint density at radius 2 is 1.78 bits per heavy atom. The van der Waals surface area contributed by atoms with Crippen LogP contribution in [-0.2, 0) is 0 Å². The third-order valence-corrected chi connectivity index (χ3v) is 3.56. The summed E-state index contributed by atoms with van der Waals surface area (Å²) in [5.41, 5.74) is 0.756. The predicted molar refractivity (Wildman–Crippen MR) is 95.2 cm³/mol. The van der Waals surface area contributed by atoms with Crippen molar-refractivity contribution in [3.8, 4) is 5.88 Å². The molecule has 2 aromatic rings. The lowest BCUT2D eigenvalue weighted by atomic mass is 10.1. The maximum Gasteiger partial charge on any atom is 0.278 e. The Balaban J connectivity index is 2.40. The van der Waals surface area contributed by atoms with Gasteiger partial charge >= 0.3 is 0 Å². The smallest absolute Gasteiger partial charge is 0.278 e. The highest BCUT2D eigenvalue weighted by Gasteiger charge is 2.32. The first-order valence-electron chi connectivity index (χ1n) is 8.34. The second-order valence-electron chi connectivity index (χ2n) is 6.64. The van der Waals surface area contributed by atoms with Crippen LogP contribution in [0.4, 0.5) is 8.78 Å². The van der Waals surface area contributed by atoms with Crippen molar-refractivity contribution >= 4 is 11.8 Å². The molecule has 8 heteroatoms. The Morgan fingerprint density at radius 3 is 2.33 bits per heavy atom. The van der Waals surface area contributed by atoms with Crippen molar-refractivity contribution in [2.45, 2.75) is 33.2 Å². The number of pyridine rings is 1. The lowest BCUT2D eigenvalue weighted by Gasteiger charge is -2.35. The van der Waals surface area contributed by atoms with Crippen LogP contribution < -0.4 is 10.2 Å². The number of nitrogens with zero attached hydrogens (tertiary/aromatic N) is 2. The molecule has 0 saturated heterocycles. The number of nitrogens with one attached hydrogen (secondary N) is 1. The van der Waals surface area contributed by atoms with E-state index < -0.39 is 34.6 Å². The molecule has 1 aromatic heterocycles. The van der Waals surface area contributed by atoms with Crippen LogP contribution in [0.3, 0.4) is 0 Å². The number of halogens is 2. The molecule has 0 aliphatic heterocycles. The van der Waals surface area contributed by atoms with Gasteiger partial charge in [0.25, 0.3) is 11.8 Å². The Morgan fingerprint density at radius 1 is 1.15 bits per heavy atom. The van der Waals surface area contributed by atoms with Crippen molar-refractivity contribution in [1.82, 2.24) is 15.4 Å². The Hall–Kier alpha value is -3.03. The molecule has 2 amide bonds. The van der Waals surface area contributed by atoms with Crippen molar-refractivity contribution in [2.75, 3.05) is 6.61 Å². The zero-order chi connectivity index (χ0) is 20.2. The van der Waals surface area contributed by atoms with Gasteiger partial charge in [0.2, 0.25) is 5.88 Å². The Bertz CT molecular complexity index is 830. The minimum atomic E-state index is -1.07. The number of hydrogen-bond acceptors (Lipinski definition) is 4. The number of aromatic nitrogens is 1. The molecule has 0 aliphatic carbocycles. The average molecular weight is 377 g/mol. The normalized spacial score (nSPS) is 11.0. The number of benzene rings is 1. The molecule has 0 radical (unpaired) electrons. The molecule has 6 nitrogen and oxygen atoms in total. The van der Waals surface area contributed by atoms with Crippen molar-refractivity contribution in [1.29, 1.82) is 0 Å². The van der Waals surface area contributed by atoms with E-state index in [9.17, 15) is 18.4 Å². The highest BCUT2D eigenvalue weighted by atomic mass is 19.1. The van der Waals surface area contributed by atoms with Crippen LogP contribution >= 0.6 is 0 Å². The molecule has 0 aliphatic rings. The summed E-state index contributed by atoms with van der Waals surface area (Å²) < 4.78 is 33.2. The van der Waals surface area contributed by atoms with Gasteiger partial charge in [-0.3, -0.25) is 15.0 Å². The van der Waals surface area contributed by atoms with Gasteiger partial charge in [-0.2, -0.15) is 0 Å². The van der Waals surface area contributed by atoms with E-state index in [-0.39, 0.29) is 11.4 Å². The molecule has 0 atom stereocenters. The van der Waals surface area contributed by atoms with Crippen LogP contribution in [-0.4, -0.2) is 34.0 Å². The van der Waals surface area contributed by atoms with E-state index in [2.05, 4.69) is 10.4 Å². The fourth-order valence-corrected chi connectivity index (χ4v) is 2.32. The van der Waals surface area contributed by atoms with Gasteiger partial charge in [0.05, 0.1) is 12.1 Å². The fourth-order valence-electron chi connectivity index (χ4n) is 2.32. The molecule has 1 heterocycles. The summed E-state index contributed by atoms with van der Waals surface area (Å²) in [5, 5.41) is 1.00. The Labute approximate surface area is 156 Å². The number of carbonyl (C=O) groups excluding carboxylic acids is 2. The Kier molecular flexibility index (Phi) is 6.09. The van der Waals surface area contributed by atoms with Crippen LogP contribution in [0.1, 0.15) is 48.4 Å². The molecule has 144 valence electrons. The van der Waals surface area contributed by atoms with Crippen LogP contribution in [0, 0.1) is 11.6 Å². The first-order valence-corrected chi connectivity index (χ1v) is 8.34. The van der Waals surface area contributed by atoms with Gasteiger partial charge in [-0.25, -0.2) is 18.8 Å². The van der Waals surface area contributed by atoms with Crippen molar-refractivity contribution in [2.24, 2.45) is 0 Å². The van der Waals surface area contributed by atoms with Crippen molar-refractivity contribution in [3.05, 3.63) is 59.3 Å². The van der Waals surface area contributed by atoms with Gasteiger partial charge < -0.3 is 4.74 Å². The summed E-state index contributed by atoms with van der Waals surface area (Å²) in [7, 11) is 0. The van der Waals surface area contributed by atoms with Gasteiger partial charge in [-0.1, -0.05) is 6.07 Å². The fraction of sp³-hybridized carbons (Fsp3) is 0.316. The zero-order valence-corrected chi connectivity index (χ0v) is 15.5. The van der Waals surface area contributed by atoms with Crippen LogP contribution in [0.5, 0.6) is 5.88 Å². The van der Waals surface area contributed by atoms with E-state index in [0.29, 0.717) is 6.61 Å². The summed E-state index contributed by atoms with van der Waals surface area (Å²) in [5.74, 6) is -3.64. The van der Waals surface area contributed by atoms with E-state index >= 15 is 0 Å². The summed E-state index contributed by atoms with van der Waals surface area (Å²) in [6, 6.07) is 6.13. The summed E-state index contributed by atoms with van der Waals surface area (Å²) in [4.78, 5) is 29.5. The molecule has 0 fully saturated rings. The van der Waals surface area contributed by atoms with Crippen LogP contribution in [0.25, 0.3) is 0 Å². The molecule has 1 N–H and O–H groups in total. The second-order valence-corrected chi connectivity index (χ2v) is 6.64. The van der Waals surface area contributed by atoms with E-state index in [0.717, 1.165) is 23.2 Å². The van der Waals surface area contributed by atoms with E-state index in [1.807, 2.05) is 0 Å². The molecule has 0 bridgehead atoms. The quantitative estimate of drug-likeness (QED) is 0.830. The SMILES string of the molecule is CCOc1ncccc1C(=O)N(NC(=O)c1c(F)cccc1F)C(C)(C)C. The monoisotopic (exact) mass is 377 g/mol. The molecular weight excluding hydrogens is 356 g/mol. The van der Waals surface area contributed by atoms with E-state index in [4.69, 9.17) is 4.74 Å². The molecule has 2 rings (SSSR count). The van der Waals surface area contributed by atoms with Gasteiger partial charge in [0.15, 0.2) is 0 Å². The van der Waals surface area contributed by atoms with E-state index in [1.165, 1.54) is 12.3 Å². The zero-order valence-electron chi connectivity index (χ0n) is 15.5. The highest BCUT2D eigenvalue weighted by Crippen LogP contribution is 2.22. The largest absolute Gasteiger partial charge is 0.477 e. The first kappa shape index (κ1) is 20.3. The topological polar surface area (TPSA) is 71.5 Å². The number of hydrazine groups is 1. The lowest BCUT2D eigenvalue weighted by molar-refractivity contribution is 0.0351. The molecule has 1 aromatic carbocycles. The second kappa shape index (κ2) is 8.11. The minimum absolute atomic E-state index is 0.102. The molecule has 0 spiro atoms. The number of ether oxygens (including phenoxy) is 1. The maximum absolute atomic E-state index is 13.9. The summed E-state index contributed by atoms with van der Waals surface area (Å²) >= 11 is 0. The van der Waals surface area contributed by atoms with Crippen LogP contribution in [0.2, 0.25) is 0 Å². The molecular formula is C19H21F2N3O3. The lowest BCUT2D eigenvalue weighted by Crippen LogP contribution is -2.56. The molecule has 0 saturated carbocycles. The average Bonchev–Trinajstić information content (AvgIpc) is 2.59. The number of hydrogen-bond donors (Lipinski definition) is 1. The number of rotatable bonds is 4. The van der Waals surface area contributed by atoms with Crippen LogP contribution in [0.15, 0.2) is 36.5 Å². The maximum atomic E-state index is 13.9. The standard InChI is InChI=1S/C19H21F2N3O3/c1-5-27-17-12(8-7-11-22-17)18(26)24(19(2,3)4)23-16(25)15-13(20)9-6-10-14(15)21/h6-11H,5H2,1-4H3,(H,23,25). The van der Waals surface area contributed by atoms with Gasteiger partial charge in [0.1, 0.15) is 22.8 Å². The molecule has 0 unspecified atom stereocenters. The third-order valence-electron chi connectivity index (χ3n) is 3.56. The predicted octanol–water partition coefficient (Wildman–Crippen LogP) is 3.34. The number of amides is 2. The van der Waals surface area contributed by atoms with E-state index in [1.54, 1.807) is 33.8 Å². The highest BCUT2D eigenvalue weighted by molar-refractivity contribution is 6.00. The van der Waals surface area contributed by atoms with Gasteiger partial charge in [0, 0.05) is 6.20 Å². The van der Waals surface area contributed by atoms with Crippen molar-refractivity contribution < 1.29 is 23.1 Å². The van der Waals surface area contributed by atoms with Gasteiger partial charge in [-0.15, -0.1) is 0 Å². The first-order chi connectivity index (χ1) is 12.7.